The zero-order chi connectivity index (χ0) is 39.1. The lowest BCUT2D eigenvalue weighted by Gasteiger charge is -2.39. The molecule has 7 aliphatic rings. The van der Waals surface area contributed by atoms with Crippen molar-refractivity contribution in [3.05, 3.63) is 53.3 Å². The number of benzene rings is 2. The summed E-state index contributed by atoms with van der Waals surface area (Å²) in [5, 5.41) is 43.6. The predicted octanol–water partition coefficient (Wildman–Crippen LogP) is 4.57. The Labute approximate surface area is 323 Å². The van der Waals surface area contributed by atoms with Gasteiger partial charge in [-0.3, -0.25) is 9.69 Å². The fourth-order valence-electron chi connectivity index (χ4n) is 12.4. The second-order valence-electron chi connectivity index (χ2n) is 17.4. The molecule has 0 bridgehead atoms. The van der Waals surface area contributed by atoms with Crippen molar-refractivity contribution in [2.45, 2.75) is 44.6 Å². The van der Waals surface area contributed by atoms with Crippen molar-refractivity contribution in [2.75, 3.05) is 57.3 Å². The normalized spacial score (nSPS) is 36.6. The third-order valence-electron chi connectivity index (χ3n) is 15.1. The van der Waals surface area contributed by atoms with Crippen LogP contribution in [-0.2, 0) is 9.53 Å². The van der Waals surface area contributed by atoms with Gasteiger partial charge in [-0.15, -0.1) is 0 Å². The maximum Gasteiger partial charge on any atom is 0.414 e. The highest BCUT2D eigenvalue weighted by atomic mass is 19.1. The number of fused-ring (bicyclic) bond motifs is 3. The van der Waals surface area contributed by atoms with E-state index >= 15 is 13.2 Å². The van der Waals surface area contributed by atoms with Gasteiger partial charge >= 0.3 is 6.09 Å². The average Bonchev–Trinajstić information content (AvgIpc) is 3.77. The van der Waals surface area contributed by atoms with Gasteiger partial charge in [0.25, 0.3) is 0 Å². The second-order valence-corrected chi connectivity index (χ2v) is 17.4. The Morgan fingerprint density at radius 2 is 1.54 bits per heavy atom. The number of hydrogen-bond donors (Lipinski definition) is 4. The molecule has 0 aromatic heterocycles. The van der Waals surface area contributed by atoms with Gasteiger partial charge in [-0.2, -0.15) is 15.8 Å². The molecule has 4 N–H and O–H groups in total. The van der Waals surface area contributed by atoms with Gasteiger partial charge in [-0.05, 0) is 91.4 Å². The number of amides is 2. The summed E-state index contributed by atoms with van der Waals surface area (Å²) in [5.41, 5.74) is -1.00. The van der Waals surface area contributed by atoms with Crippen molar-refractivity contribution < 1.29 is 27.5 Å². The van der Waals surface area contributed by atoms with Crippen molar-refractivity contribution in [3.8, 4) is 29.3 Å². The molecule has 2 aromatic rings. The number of nitrogens with zero attached hydrogens (tertiary/aromatic N) is 4. The molecule has 2 amide bonds. The van der Waals surface area contributed by atoms with Crippen LogP contribution in [0, 0.1) is 109 Å². The number of nitriles is 3. The molecule has 11 nitrogen and oxygen atoms in total. The van der Waals surface area contributed by atoms with Crippen molar-refractivity contribution in [1.29, 1.82) is 15.8 Å². The number of unbranched alkanes of at least 4 members (excludes halogenated alkanes) is 1. The SMILES string of the molecule is CC(=O)NC[C@H]1CN(c2cc(F)c(-c3ccc(C(C(CCCCC45CNCC4C5C#N)C45CNCC4C5C#N)C45CNCC4C5C#N)c(F)c3)c(F)c2)C(=O)O1. The Kier molecular flexibility index (Phi) is 8.88. The first kappa shape index (κ1) is 36.9. The van der Waals surface area contributed by atoms with Crippen LogP contribution in [0.2, 0.25) is 0 Å². The minimum atomic E-state index is -0.979. The molecule has 0 radical (unpaired) electrons. The highest BCUT2D eigenvalue weighted by Crippen LogP contribution is 2.76. The highest BCUT2D eigenvalue weighted by Gasteiger charge is 2.78. The number of anilines is 1. The van der Waals surface area contributed by atoms with E-state index in [2.05, 4.69) is 39.5 Å². The summed E-state index contributed by atoms with van der Waals surface area (Å²) in [7, 11) is 0. The molecular weight excluding hydrogens is 722 g/mol. The number of carbonyl (C=O) groups is 2. The smallest absolute Gasteiger partial charge is 0.414 e. The maximum absolute atomic E-state index is 17.0. The molecule has 11 unspecified atom stereocenters. The van der Waals surface area contributed by atoms with Crippen LogP contribution in [0.1, 0.15) is 44.1 Å². The molecular formula is C42H45F3N8O3. The number of halogens is 3. The summed E-state index contributed by atoms with van der Waals surface area (Å²) in [6.07, 6.45) is 1.91. The molecule has 12 atom stereocenters. The Hall–Kier alpha value is -4.68. The summed E-state index contributed by atoms with van der Waals surface area (Å²) in [6.45, 7) is 5.61. The first-order valence-corrected chi connectivity index (χ1v) is 19.9. The van der Waals surface area contributed by atoms with E-state index in [1.165, 1.54) is 19.1 Å². The van der Waals surface area contributed by atoms with E-state index in [1.54, 1.807) is 6.07 Å². The molecule has 4 aliphatic heterocycles. The summed E-state index contributed by atoms with van der Waals surface area (Å²) in [4.78, 5) is 25.0. The largest absolute Gasteiger partial charge is 0.442 e. The van der Waals surface area contributed by atoms with Crippen LogP contribution in [0.4, 0.5) is 23.7 Å². The molecule has 4 saturated heterocycles. The number of piperidine rings is 3. The second kappa shape index (κ2) is 13.5. The van der Waals surface area contributed by atoms with Crippen molar-refractivity contribution in [3.63, 3.8) is 0 Å². The molecule has 9 rings (SSSR count). The van der Waals surface area contributed by atoms with Crippen molar-refractivity contribution in [1.82, 2.24) is 21.3 Å². The minimum Gasteiger partial charge on any atom is -0.442 e. The van der Waals surface area contributed by atoms with Gasteiger partial charge in [0.15, 0.2) is 0 Å². The molecule has 4 heterocycles. The Morgan fingerprint density at radius 1 is 0.893 bits per heavy atom. The van der Waals surface area contributed by atoms with Crippen molar-refractivity contribution in [2.24, 2.45) is 57.7 Å². The molecule has 292 valence electrons. The highest BCUT2D eigenvalue weighted by molar-refractivity contribution is 5.90. The van der Waals surface area contributed by atoms with E-state index in [1.807, 2.05) is 0 Å². The summed E-state index contributed by atoms with van der Waals surface area (Å²) in [6, 6.07) is 14.0. The Balaban J connectivity index is 1.03. The van der Waals surface area contributed by atoms with E-state index in [0.717, 1.165) is 55.8 Å². The first-order chi connectivity index (χ1) is 27.0. The lowest BCUT2D eigenvalue weighted by atomic mass is 9.64. The van der Waals surface area contributed by atoms with Crippen LogP contribution in [0.15, 0.2) is 30.3 Å². The van der Waals surface area contributed by atoms with Crippen LogP contribution >= 0.6 is 0 Å². The van der Waals surface area contributed by atoms with Gasteiger partial charge in [0.05, 0.1) is 60.3 Å². The van der Waals surface area contributed by atoms with Crippen LogP contribution < -0.4 is 26.2 Å². The van der Waals surface area contributed by atoms with E-state index in [-0.39, 0.29) is 76.6 Å². The third-order valence-corrected chi connectivity index (χ3v) is 15.1. The van der Waals surface area contributed by atoms with Gasteiger partial charge in [-0.25, -0.2) is 18.0 Å². The van der Waals surface area contributed by atoms with Gasteiger partial charge < -0.3 is 26.0 Å². The summed E-state index contributed by atoms with van der Waals surface area (Å²) >= 11 is 0. The molecule has 56 heavy (non-hydrogen) atoms. The Bertz CT molecular complexity index is 2090. The molecule has 7 fully saturated rings. The lowest BCUT2D eigenvalue weighted by Crippen LogP contribution is -2.38. The lowest BCUT2D eigenvalue weighted by molar-refractivity contribution is -0.119. The zero-order valence-corrected chi connectivity index (χ0v) is 31.2. The molecule has 14 heteroatoms. The quantitative estimate of drug-likeness (QED) is 0.214. The van der Waals surface area contributed by atoms with Gasteiger partial charge in [0.2, 0.25) is 5.91 Å². The number of rotatable bonds is 13. The van der Waals surface area contributed by atoms with Gasteiger partial charge in [-0.1, -0.05) is 25.0 Å². The van der Waals surface area contributed by atoms with Crippen LogP contribution in [0.25, 0.3) is 11.1 Å². The average molecular weight is 767 g/mol. The fourth-order valence-corrected chi connectivity index (χ4v) is 12.4. The minimum absolute atomic E-state index is 0.00257. The van der Waals surface area contributed by atoms with E-state index in [0.29, 0.717) is 37.7 Å². The zero-order valence-electron chi connectivity index (χ0n) is 31.2. The number of nitrogens with one attached hydrogen (secondary N) is 4. The number of ether oxygens (including phenoxy) is 1. The number of carbonyl (C=O) groups excluding carboxylic acids is 2. The third kappa shape index (κ3) is 5.38. The molecule has 0 spiro atoms. The molecule has 3 saturated carbocycles. The van der Waals surface area contributed by atoms with E-state index < -0.39 is 46.5 Å². The number of hydrogen-bond acceptors (Lipinski definition) is 9. The number of cyclic esters (lactones) is 1. The summed E-state index contributed by atoms with van der Waals surface area (Å²) < 4.78 is 54.0. The van der Waals surface area contributed by atoms with Crippen LogP contribution in [0.3, 0.4) is 0 Å². The molecule has 2 aromatic carbocycles. The Morgan fingerprint density at radius 3 is 2.16 bits per heavy atom. The monoisotopic (exact) mass is 766 g/mol. The predicted molar refractivity (Wildman–Crippen MR) is 196 cm³/mol. The molecule has 3 aliphatic carbocycles. The van der Waals surface area contributed by atoms with Gasteiger partial charge in [0, 0.05) is 42.8 Å². The van der Waals surface area contributed by atoms with Gasteiger partial charge in [0.1, 0.15) is 23.6 Å². The van der Waals surface area contributed by atoms with Crippen molar-refractivity contribution >= 4 is 17.7 Å². The van der Waals surface area contributed by atoms with Crippen LogP contribution in [0.5, 0.6) is 0 Å². The summed E-state index contributed by atoms with van der Waals surface area (Å²) in [5.74, 6) is -3.30. The first-order valence-electron chi connectivity index (χ1n) is 19.9. The topological polar surface area (TPSA) is 166 Å². The van der Waals surface area contributed by atoms with Crippen LogP contribution in [-0.4, -0.2) is 70.5 Å². The fraction of sp³-hybridized carbons (Fsp3) is 0.595. The van der Waals surface area contributed by atoms with E-state index in [4.69, 9.17) is 4.74 Å². The maximum atomic E-state index is 17.0. The van der Waals surface area contributed by atoms with E-state index in [9.17, 15) is 25.4 Å². The standard InChI is InChI=1S/C42H45F3N8O3/c1-22(54)52-14-25-18-53(39(55)56-25)24-9-35(44)37(36(45)10-24)23-5-6-26(34(43)8-23)38(42-21-51-17-33(42)30(42)13-48)27(41-20-50-16-32(41)29(41)12-47)4-2-3-7-40-19-49-15-31(40)28(40)11-46/h5-6,8-10,25,27-33,38,49-51H,2-4,7,14-21H2,1H3,(H,52,54)/t25-,27?,28?,29?,30?,31?,32?,33?,38?,40?,41?,42?/m0/s1.